The summed E-state index contributed by atoms with van der Waals surface area (Å²) in [5.41, 5.74) is 1.08. The number of amides is 1. The SMILES string of the molecule is [B]C(C)(C)c1ccc(SNC=O)cc1. The third-order valence-corrected chi connectivity index (χ3v) is 2.55. The zero-order valence-electron chi connectivity index (χ0n) is 8.28. The summed E-state index contributed by atoms with van der Waals surface area (Å²) in [6.07, 6.45) is 0.658. The highest BCUT2D eigenvalue weighted by atomic mass is 32.2. The fourth-order valence-corrected chi connectivity index (χ4v) is 1.50. The van der Waals surface area contributed by atoms with Crippen molar-refractivity contribution in [2.75, 3.05) is 0 Å². The first-order chi connectivity index (χ1) is 6.54. The van der Waals surface area contributed by atoms with Crippen molar-refractivity contribution in [1.82, 2.24) is 4.72 Å². The first-order valence-corrected chi connectivity index (χ1v) is 5.11. The van der Waals surface area contributed by atoms with Crippen LogP contribution in [0.25, 0.3) is 0 Å². The topological polar surface area (TPSA) is 29.1 Å². The van der Waals surface area contributed by atoms with Crippen LogP contribution in [0.3, 0.4) is 0 Å². The molecule has 1 N–H and O–H groups in total. The molecule has 0 atom stereocenters. The van der Waals surface area contributed by atoms with Crippen LogP contribution in [0, 0.1) is 0 Å². The quantitative estimate of drug-likeness (QED) is 0.461. The molecule has 2 radical (unpaired) electrons. The van der Waals surface area contributed by atoms with Gasteiger partial charge in [0, 0.05) is 4.90 Å². The third kappa shape index (κ3) is 3.11. The van der Waals surface area contributed by atoms with E-state index in [-0.39, 0.29) is 5.31 Å². The van der Waals surface area contributed by atoms with Crippen LogP contribution in [0.1, 0.15) is 19.4 Å². The Labute approximate surface area is 90.0 Å². The van der Waals surface area contributed by atoms with Gasteiger partial charge in [-0.05, 0) is 29.4 Å². The number of carbonyl (C=O) groups excluding carboxylic acids is 1. The molecule has 0 bridgehead atoms. The highest BCUT2D eigenvalue weighted by Crippen LogP contribution is 2.22. The molecule has 0 saturated carbocycles. The van der Waals surface area contributed by atoms with Crippen molar-refractivity contribution in [2.24, 2.45) is 0 Å². The minimum absolute atomic E-state index is 0.318. The highest BCUT2D eigenvalue weighted by molar-refractivity contribution is 7.97. The predicted octanol–water partition coefficient (Wildman–Crippen LogP) is 1.84. The van der Waals surface area contributed by atoms with Crippen molar-refractivity contribution in [1.29, 1.82) is 0 Å². The van der Waals surface area contributed by atoms with Gasteiger partial charge >= 0.3 is 0 Å². The summed E-state index contributed by atoms with van der Waals surface area (Å²) in [5.74, 6) is 0. The van der Waals surface area contributed by atoms with Crippen LogP contribution in [0.2, 0.25) is 0 Å². The lowest BCUT2D eigenvalue weighted by Crippen LogP contribution is -2.16. The predicted molar refractivity (Wildman–Crippen MR) is 60.3 cm³/mol. The molecule has 1 aromatic carbocycles. The minimum atomic E-state index is -0.318. The fraction of sp³-hybridized carbons (Fsp3) is 0.300. The molecular weight excluding hydrogens is 193 g/mol. The summed E-state index contributed by atoms with van der Waals surface area (Å²) in [6.45, 7) is 3.91. The van der Waals surface area contributed by atoms with Gasteiger partial charge in [0.15, 0.2) is 0 Å². The molecule has 72 valence electrons. The molecule has 2 nitrogen and oxygen atoms in total. The van der Waals surface area contributed by atoms with E-state index >= 15 is 0 Å². The lowest BCUT2D eigenvalue weighted by molar-refractivity contribution is -0.107. The van der Waals surface area contributed by atoms with Crippen LogP contribution in [0.5, 0.6) is 0 Å². The van der Waals surface area contributed by atoms with Gasteiger partial charge in [-0.2, -0.15) is 0 Å². The van der Waals surface area contributed by atoms with Crippen LogP contribution in [0.4, 0.5) is 0 Å². The Hall–Kier alpha value is -0.895. The molecular formula is C10H12BNOS. The lowest BCUT2D eigenvalue weighted by Gasteiger charge is -2.19. The standard InChI is InChI=1S/C10H12BNOS/c1-10(2,11)8-3-5-9(6-4-8)14-12-7-13/h3-7H,1-2H3,(H,12,13). The average molecular weight is 205 g/mol. The number of benzene rings is 1. The van der Waals surface area contributed by atoms with E-state index in [1.165, 1.54) is 11.9 Å². The van der Waals surface area contributed by atoms with Crippen molar-refractivity contribution in [3.8, 4) is 0 Å². The Bertz CT molecular complexity index is 305. The van der Waals surface area contributed by atoms with Crippen molar-refractivity contribution >= 4 is 26.2 Å². The van der Waals surface area contributed by atoms with Gasteiger partial charge in [0.05, 0.1) is 7.85 Å². The van der Waals surface area contributed by atoms with Crippen LogP contribution in [0.15, 0.2) is 29.2 Å². The first-order valence-electron chi connectivity index (χ1n) is 4.29. The van der Waals surface area contributed by atoms with Gasteiger partial charge in [0.25, 0.3) is 0 Å². The Morgan fingerprint density at radius 3 is 2.36 bits per heavy atom. The molecule has 0 aliphatic heterocycles. The highest BCUT2D eigenvalue weighted by Gasteiger charge is 2.12. The Morgan fingerprint density at radius 2 is 1.93 bits per heavy atom. The van der Waals surface area contributed by atoms with E-state index in [0.717, 1.165) is 10.5 Å². The molecule has 0 aliphatic carbocycles. The van der Waals surface area contributed by atoms with E-state index in [9.17, 15) is 4.79 Å². The molecule has 4 heteroatoms. The maximum absolute atomic E-state index is 10.1. The number of hydrogen-bond acceptors (Lipinski definition) is 2. The smallest absolute Gasteiger partial charge is 0.217 e. The maximum Gasteiger partial charge on any atom is 0.217 e. The summed E-state index contributed by atoms with van der Waals surface area (Å²) in [5, 5.41) is -0.318. The van der Waals surface area contributed by atoms with E-state index in [4.69, 9.17) is 7.85 Å². The largest absolute Gasteiger partial charge is 0.299 e. The zero-order valence-corrected chi connectivity index (χ0v) is 9.10. The van der Waals surface area contributed by atoms with Gasteiger partial charge < -0.3 is 0 Å². The summed E-state index contributed by atoms with van der Waals surface area (Å²) < 4.78 is 2.53. The molecule has 0 aliphatic rings. The number of carbonyl (C=O) groups is 1. The van der Waals surface area contributed by atoms with Gasteiger partial charge in [-0.15, -0.1) is 0 Å². The van der Waals surface area contributed by atoms with Crippen LogP contribution in [-0.2, 0) is 10.1 Å². The molecule has 0 saturated heterocycles. The van der Waals surface area contributed by atoms with Crippen LogP contribution in [-0.4, -0.2) is 14.3 Å². The second kappa shape index (κ2) is 4.55. The molecule has 1 aromatic rings. The van der Waals surface area contributed by atoms with Crippen molar-refractivity contribution < 1.29 is 4.79 Å². The second-order valence-electron chi connectivity index (χ2n) is 3.58. The lowest BCUT2D eigenvalue weighted by atomic mass is 9.67. The van der Waals surface area contributed by atoms with Crippen molar-refractivity contribution in [3.63, 3.8) is 0 Å². The number of nitrogens with one attached hydrogen (secondary N) is 1. The molecule has 1 amide bonds. The third-order valence-electron chi connectivity index (χ3n) is 1.82. The summed E-state index contributed by atoms with van der Waals surface area (Å²) in [4.78, 5) is 11.0. The molecule has 0 heterocycles. The Morgan fingerprint density at radius 1 is 1.36 bits per heavy atom. The zero-order chi connectivity index (χ0) is 10.6. The number of hydrogen-bond donors (Lipinski definition) is 1. The fourth-order valence-electron chi connectivity index (χ4n) is 1.04. The van der Waals surface area contributed by atoms with Gasteiger partial charge in [0.1, 0.15) is 0 Å². The normalized spacial score (nSPS) is 11.0. The van der Waals surface area contributed by atoms with Gasteiger partial charge in [-0.25, -0.2) is 0 Å². The van der Waals surface area contributed by atoms with E-state index in [2.05, 4.69) is 4.72 Å². The molecule has 0 spiro atoms. The molecule has 0 fully saturated rings. The van der Waals surface area contributed by atoms with Crippen molar-refractivity contribution in [3.05, 3.63) is 29.8 Å². The van der Waals surface area contributed by atoms with Gasteiger partial charge in [-0.1, -0.05) is 31.5 Å². The second-order valence-corrected chi connectivity index (χ2v) is 4.50. The summed E-state index contributed by atoms with van der Waals surface area (Å²) >= 11 is 1.28. The number of rotatable bonds is 4. The Balaban J connectivity index is 2.73. The summed E-state index contributed by atoms with van der Waals surface area (Å²) in [7, 11) is 5.93. The maximum atomic E-state index is 10.1. The average Bonchev–Trinajstić information content (AvgIpc) is 2.14. The van der Waals surface area contributed by atoms with E-state index < -0.39 is 0 Å². The van der Waals surface area contributed by atoms with Crippen molar-refractivity contribution in [2.45, 2.75) is 24.1 Å². The summed E-state index contributed by atoms with van der Waals surface area (Å²) in [6, 6.07) is 7.81. The minimum Gasteiger partial charge on any atom is -0.299 e. The van der Waals surface area contributed by atoms with E-state index in [1.54, 1.807) is 0 Å². The molecule has 0 unspecified atom stereocenters. The van der Waals surface area contributed by atoms with Crippen LogP contribution < -0.4 is 4.72 Å². The monoisotopic (exact) mass is 205 g/mol. The van der Waals surface area contributed by atoms with Gasteiger partial charge in [-0.3, -0.25) is 9.52 Å². The van der Waals surface area contributed by atoms with Gasteiger partial charge in [0.2, 0.25) is 6.41 Å². The Kier molecular flexibility index (Phi) is 3.64. The van der Waals surface area contributed by atoms with E-state index in [1.807, 2.05) is 38.1 Å². The molecule has 14 heavy (non-hydrogen) atoms. The van der Waals surface area contributed by atoms with E-state index in [0.29, 0.717) is 6.41 Å². The first kappa shape index (κ1) is 11.2. The molecule has 1 rings (SSSR count). The molecule has 0 aromatic heterocycles. The van der Waals surface area contributed by atoms with Crippen LogP contribution >= 0.6 is 11.9 Å².